The van der Waals surface area contributed by atoms with Gasteiger partial charge in [0.1, 0.15) is 5.82 Å². The number of carbonyl (C=O) groups is 2. The highest BCUT2D eigenvalue weighted by Crippen LogP contribution is 2.28. The van der Waals surface area contributed by atoms with E-state index in [1.165, 1.54) is 42.5 Å². The van der Waals surface area contributed by atoms with Crippen LogP contribution >= 0.6 is 0 Å². The molecule has 2 amide bonds. The molecule has 3 rings (SSSR count). The van der Waals surface area contributed by atoms with Crippen molar-refractivity contribution in [3.8, 4) is 11.5 Å². The normalized spacial score (nSPS) is 16.7. The number of methoxy groups -OCH3 is 1. The predicted molar refractivity (Wildman–Crippen MR) is 97.3 cm³/mol. The Labute approximate surface area is 155 Å². The minimum atomic E-state index is -0.571. The monoisotopic (exact) mass is 371 g/mol. The number of halogens is 1. The Kier molecular flexibility index (Phi) is 5.35. The van der Waals surface area contributed by atoms with Crippen LogP contribution in [0.5, 0.6) is 11.5 Å². The summed E-state index contributed by atoms with van der Waals surface area (Å²) in [4.78, 5) is 25.9. The van der Waals surface area contributed by atoms with Gasteiger partial charge in [-0.05, 0) is 36.4 Å². The summed E-state index contributed by atoms with van der Waals surface area (Å²) in [6, 6.07) is 10.4. The lowest BCUT2D eigenvalue weighted by Gasteiger charge is -2.16. The van der Waals surface area contributed by atoms with Gasteiger partial charge in [0.25, 0.3) is 0 Å². The maximum Gasteiger partial charge on any atom is 0.245 e. The van der Waals surface area contributed by atoms with Gasteiger partial charge < -0.3 is 14.7 Å². The zero-order chi connectivity index (χ0) is 19.4. The number of benzene rings is 2. The van der Waals surface area contributed by atoms with Crippen LogP contribution in [0.1, 0.15) is 12.0 Å². The van der Waals surface area contributed by atoms with E-state index in [1.807, 2.05) is 0 Å². The Morgan fingerprint density at radius 2 is 2.07 bits per heavy atom. The molecule has 7 nitrogen and oxygen atoms in total. The highest BCUT2D eigenvalue weighted by Gasteiger charge is 2.35. The number of nitrogens with zero attached hydrogens (tertiary/aromatic N) is 2. The standard InChI is InChI=1S/C19H18FN3O4/c1-27-16-4-2-3-12(18(16)25)10-21-22-19(26)13-9-17(24)23(11-13)15-7-5-14(20)6-8-15/h2-8,10,13,25H,9,11H2,1H3,(H,22,26)/b21-10-/t13-/m1/s1. The number of nitrogens with one attached hydrogen (secondary N) is 1. The Morgan fingerprint density at radius 1 is 1.33 bits per heavy atom. The molecular formula is C19H18FN3O4. The number of carbonyl (C=O) groups excluding carboxylic acids is 2. The van der Waals surface area contributed by atoms with Crippen molar-refractivity contribution >= 4 is 23.7 Å². The van der Waals surface area contributed by atoms with Crippen LogP contribution < -0.4 is 15.1 Å². The summed E-state index contributed by atoms with van der Waals surface area (Å²) < 4.78 is 18.0. The van der Waals surface area contributed by atoms with Crippen LogP contribution in [-0.4, -0.2) is 36.8 Å². The Balaban J connectivity index is 1.62. The van der Waals surface area contributed by atoms with Gasteiger partial charge in [0, 0.05) is 24.2 Å². The zero-order valence-electron chi connectivity index (χ0n) is 14.6. The highest BCUT2D eigenvalue weighted by molar-refractivity contribution is 6.00. The molecule has 0 aromatic heterocycles. The van der Waals surface area contributed by atoms with E-state index in [0.717, 1.165) is 0 Å². The number of rotatable bonds is 5. The first-order valence-corrected chi connectivity index (χ1v) is 8.24. The molecule has 1 heterocycles. The van der Waals surface area contributed by atoms with Crippen molar-refractivity contribution in [1.82, 2.24) is 5.43 Å². The van der Waals surface area contributed by atoms with Crippen molar-refractivity contribution in [2.75, 3.05) is 18.6 Å². The van der Waals surface area contributed by atoms with E-state index in [1.54, 1.807) is 18.2 Å². The quantitative estimate of drug-likeness (QED) is 0.622. The number of para-hydroxylation sites is 1. The fourth-order valence-electron chi connectivity index (χ4n) is 2.82. The molecule has 1 atom stereocenters. The van der Waals surface area contributed by atoms with Crippen molar-refractivity contribution in [3.05, 3.63) is 53.8 Å². The average Bonchev–Trinajstić information content (AvgIpc) is 3.05. The molecule has 27 heavy (non-hydrogen) atoms. The summed E-state index contributed by atoms with van der Waals surface area (Å²) in [5, 5.41) is 13.8. The first-order chi connectivity index (χ1) is 13.0. The van der Waals surface area contributed by atoms with Crippen molar-refractivity contribution in [1.29, 1.82) is 0 Å². The van der Waals surface area contributed by atoms with Crippen molar-refractivity contribution in [2.24, 2.45) is 11.0 Å². The summed E-state index contributed by atoms with van der Waals surface area (Å²) in [6.07, 6.45) is 1.34. The third-order valence-electron chi connectivity index (χ3n) is 4.26. The van der Waals surface area contributed by atoms with Gasteiger partial charge in [-0.3, -0.25) is 9.59 Å². The minimum Gasteiger partial charge on any atom is -0.504 e. The lowest BCUT2D eigenvalue weighted by atomic mass is 10.1. The van der Waals surface area contributed by atoms with Crippen LogP contribution in [0, 0.1) is 11.7 Å². The van der Waals surface area contributed by atoms with E-state index >= 15 is 0 Å². The van der Waals surface area contributed by atoms with Crippen molar-refractivity contribution in [3.63, 3.8) is 0 Å². The number of phenols is 1. The smallest absolute Gasteiger partial charge is 0.245 e. The maximum atomic E-state index is 13.0. The summed E-state index contributed by atoms with van der Waals surface area (Å²) in [5.41, 5.74) is 3.30. The number of hydrazone groups is 1. The molecule has 2 N–H and O–H groups in total. The average molecular weight is 371 g/mol. The van der Waals surface area contributed by atoms with Gasteiger partial charge in [-0.2, -0.15) is 5.10 Å². The van der Waals surface area contributed by atoms with Crippen LogP contribution in [0.25, 0.3) is 0 Å². The lowest BCUT2D eigenvalue weighted by Crippen LogP contribution is -2.30. The topological polar surface area (TPSA) is 91.2 Å². The predicted octanol–water partition coefficient (Wildman–Crippen LogP) is 2.04. The second kappa shape index (κ2) is 7.86. The van der Waals surface area contributed by atoms with E-state index in [4.69, 9.17) is 4.74 Å². The fourth-order valence-corrected chi connectivity index (χ4v) is 2.82. The van der Waals surface area contributed by atoms with Gasteiger partial charge in [-0.25, -0.2) is 9.82 Å². The molecule has 1 saturated heterocycles. The molecule has 1 aliphatic rings. The van der Waals surface area contributed by atoms with Gasteiger partial charge in [-0.1, -0.05) is 6.07 Å². The van der Waals surface area contributed by atoms with Gasteiger partial charge in [0.05, 0.1) is 19.2 Å². The molecular weight excluding hydrogens is 353 g/mol. The second-order valence-corrected chi connectivity index (χ2v) is 6.01. The van der Waals surface area contributed by atoms with Crippen LogP contribution in [0.3, 0.4) is 0 Å². The molecule has 1 aliphatic heterocycles. The summed E-state index contributed by atoms with van der Waals surface area (Å²) in [6.45, 7) is 0.191. The fraction of sp³-hybridized carbons (Fsp3) is 0.211. The minimum absolute atomic E-state index is 0.0448. The molecule has 0 saturated carbocycles. The Bertz CT molecular complexity index is 883. The SMILES string of the molecule is COc1cccc(/C=N\NC(=O)[C@@H]2CC(=O)N(c3ccc(F)cc3)C2)c1O. The number of anilines is 1. The third-order valence-corrected chi connectivity index (χ3v) is 4.26. The molecule has 2 aromatic carbocycles. The number of hydrogen-bond donors (Lipinski definition) is 2. The van der Waals surface area contributed by atoms with Crippen LogP contribution in [0.4, 0.5) is 10.1 Å². The summed E-state index contributed by atoms with van der Waals surface area (Å²) in [7, 11) is 1.43. The first kappa shape index (κ1) is 18.4. The molecule has 1 fully saturated rings. The van der Waals surface area contributed by atoms with Crippen LogP contribution in [0.2, 0.25) is 0 Å². The van der Waals surface area contributed by atoms with Gasteiger partial charge >= 0.3 is 0 Å². The lowest BCUT2D eigenvalue weighted by molar-refractivity contribution is -0.126. The van der Waals surface area contributed by atoms with E-state index in [9.17, 15) is 19.1 Å². The van der Waals surface area contributed by atoms with E-state index in [0.29, 0.717) is 17.0 Å². The van der Waals surface area contributed by atoms with Gasteiger partial charge in [-0.15, -0.1) is 0 Å². The van der Waals surface area contributed by atoms with Crippen molar-refractivity contribution in [2.45, 2.75) is 6.42 Å². The van der Waals surface area contributed by atoms with E-state index in [-0.39, 0.29) is 24.6 Å². The number of aromatic hydroxyl groups is 1. The number of ether oxygens (including phenoxy) is 1. The Hall–Kier alpha value is -3.42. The molecule has 8 heteroatoms. The molecule has 0 radical (unpaired) electrons. The van der Waals surface area contributed by atoms with E-state index < -0.39 is 17.6 Å². The molecule has 0 aliphatic carbocycles. The van der Waals surface area contributed by atoms with Crippen LogP contribution in [-0.2, 0) is 9.59 Å². The van der Waals surface area contributed by atoms with E-state index in [2.05, 4.69) is 10.5 Å². The van der Waals surface area contributed by atoms with Gasteiger partial charge in [0.15, 0.2) is 11.5 Å². The maximum absolute atomic E-state index is 13.0. The molecule has 0 spiro atoms. The molecule has 0 unspecified atom stereocenters. The third kappa shape index (κ3) is 4.05. The number of phenolic OH excluding ortho intramolecular Hbond substituents is 1. The second-order valence-electron chi connectivity index (χ2n) is 6.01. The number of amides is 2. The van der Waals surface area contributed by atoms with Crippen LogP contribution in [0.15, 0.2) is 47.6 Å². The van der Waals surface area contributed by atoms with Gasteiger partial charge in [0.2, 0.25) is 11.8 Å². The summed E-state index contributed by atoms with van der Waals surface area (Å²) >= 11 is 0. The molecule has 2 aromatic rings. The Morgan fingerprint density at radius 3 is 2.78 bits per heavy atom. The number of hydrogen-bond acceptors (Lipinski definition) is 5. The zero-order valence-corrected chi connectivity index (χ0v) is 14.6. The van der Waals surface area contributed by atoms with Crippen molar-refractivity contribution < 1.29 is 23.8 Å². The first-order valence-electron chi connectivity index (χ1n) is 8.24. The molecule has 140 valence electrons. The molecule has 0 bridgehead atoms. The highest BCUT2D eigenvalue weighted by atomic mass is 19.1. The summed E-state index contributed by atoms with van der Waals surface area (Å²) in [5.74, 6) is -1.38. The largest absolute Gasteiger partial charge is 0.504 e.